The molecule has 0 amide bonds. The predicted octanol–water partition coefficient (Wildman–Crippen LogP) is 4.51. The van der Waals surface area contributed by atoms with Crippen LogP contribution in [0.5, 0.6) is 0 Å². The van der Waals surface area contributed by atoms with Crippen LogP contribution in [0.15, 0.2) is 35.1 Å². The van der Waals surface area contributed by atoms with Crippen LogP contribution < -0.4 is 0 Å². The Morgan fingerprint density at radius 2 is 1.61 bits per heavy atom. The van der Waals surface area contributed by atoms with Crippen LogP contribution >= 0.6 is 15.9 Å². The van der Waals surface area contributed by atoms with Crippen LogP contribution in [0.25, 0.3) is 11.3 Å². The number of hydrogen-bond acceptors (Lipinski definition) is 2. The fraction of sp³-hybridized carbons (Fsp3) is 0.333. The third kappa shape index (κ3) is 2.96. The quantitative estimate of drug-likeness (QED) is 0.724. The highest BCUT2D eigenvalue weighted by molar-refractivity contribution is 9.10. The van der Waals surface area contributed by atoms with Crippen molar-refractivity contribution in [2.24, 2.45) is 0 Å². The van der Waals surface area contributed by atoms with Crippen LogP contribution in [0.4, 0.5) is 0 Å². The Hall–Kier alpha value is -1.22. The Morgan fingerprint density at radius 1 is 1.00 bits per heavy atom. The molecule has 3 heteroatoms. The first-order chi connectivity index (χ1) is 8.36. The maximum absolute atomic E-state index is 4.40. The first-order valence-electron chi connectivity index (χ1n) is 5.98. The van der Waals surface area contributed by atoms with E-state index in [1.165, 1.54) is 5.56 Å². The number of benzene rings is 1. The molecule has 0 aliphatic heterocycles. The number of halogens is 1. The zero-order valence-electron chi connectivity index (χ0n) is 11.2. The average molecular weight is 305 g/mol. The van der Waals surface area contributed by atoms with Gasteiger partial charge in [-0.2, -0.15) is 0 Å². The van der Waals surface area contributed by atoms with Crippen molar-refractivity contribution in [3.8, 4) is 11.3 Å². The van der Waals surface area contributed by atoms with Crippen molar-refractivity contribution >= 4 is 15.9 Å². The summed E-state index contributed by atoms with van der Waals surface area (Å²) < 4.78 is 0.636. The third-order valence-corrected chi connectivity index (χ3v) is 3.23. The van der Waals surface area contributed by atoms with Gasteiger partial charge in [0, 0.05) is 11.3 Å². The molecule has 1 aromatic heterocycles. The van der Waals surface area contributed by atoms with E-state index in [9.17, 15) is 0 Å². The molecular formula is C15H17BrN2. The highest BCUT2D eigenvalue weighted by Gasteiger charge is 2.13. The standard InChI is InChI=1S/C15H17BrN2/c1-10-9-13(18-14(16)17-10)11-5-7-12(8-6-11)15(2,3)4/h5-9H,1-4H3. The number of hydrogen-bond donors (Lipinski definition) is 0. The Morgan fingerprint density at radius 3 is 2.11 bits per heavy atom. The van der Waals surface area contributed by atoms with Crippen LogP contribution in [-0.2, 0) is 5.41 Å². The maximum atomic E-state index is 4.40. The van der Waals surface area contributed by atoms with Crippen molar-refractivity contribution in [1.29, 1.82) is 0 Å². The molecule has 18 heavy (non-hydrogen) atoms. The summed E-state index contributed by atoms with van der Waals surface area (Å²) in [7, 11) is 0. The molecule has 0 bridgehead atoms. The number of nitrogens with zero attached hydrogens (tertiary/aromatic N) is 2. The second-order valence-electron chi connectivity index (χ2n) is 5.49. The molecule has 0 atom stereocenters. The SMILES string of the molecule is Cc1cc(-c2ccc(C(C)(C)C)cc2)nc(Br)n1. The van der Waals surface area contributed by atoms with E-state index < -0.39 is 0 Å². The van der Waals surface area contributed by atoms with Gasteiger partial charge in [-0.25, -0.2) is 9.97 Å². The van der Waals surface area contributed by atoms with E-state index in [2.05, 4.69) is 70.9 Å². The van der Waals surface area contributed by atoms with Gasteiger partial charge in [0.1, 0.15) is 0 Å². The van der Waals surface area contributed by atoms with E-state index >= 15 is 0 Å². The lowest BCUT2D eigenvalue weighted by molar-refractivity contribution is 0.590. The Labute approximate surface area is 117 Å². The van der Waals surface area contributed by atoms with Gasteiger partial charge < -0.3 is 0 Å². The molecule has 1 aromatic carbocycles. The minimum absolute atomic E-state index is 0.181. The molecular weight excluding hydrogens is 288 g/mol. The highest BCUT2D eigenvalue weighted by atomic mass is 79.9. The van der Waals surface area contributed by atoms with Gasteiger partial charge >= 0.3 is 0 Å². The second-order valence-corrected chi connectivity index (χ2v) is 6.20. The summed E-state index contributed by atoms with van der Waals surface area (Å²) in [6.07, 6.45) is 0. The summed E-state index contributed by atoms with van der Waals surface area (Å²) in [5.41, 5.74) is 4.55. The first-order valence-corrected chi connectivity index (χ1v) is 6.78. The molecule has 0 spiro atoms. The van der Waals surface area contributed by atoms with E-state index in [0.717, 1.165) is 17.0 Å². The summed E-state index contributed by atoms with van der Waals surface area (Å²) in [5, 5.41) is 0. The molecule has 1 heterocycles. The summed E-state index contributed by atoms with van der Waals surface area (Å²) in [4.78, 5) is 8.62. The van der Waals surface area contributed by atoms with Crippen molar-refractivity contribution in [3.05, 3.63) is 46.3 Å². The van der Waals surface area contributed by atoms with E-state index in [1.807, 2.05) is 13.0 Å². The molecule has 0 aliphatic rings. The van der Waals surface area contributed by atoms with Crippen LogP contribution in [0.2, 0.25) is 0 Å². The summed E-state index contributed by atoms with van der Waals surface area (Å²) in [6.45, 7) is 8.62. The van der Waals surface area contributed by atoms with Crippen LogP contribution in [0, 0.1) is 6.92 Å². The van der Waals surface area contributed by atoms with Crippen molar-refractivity contribution in [2.45, 2.75) is 33.1 Å². The average Bonchev–Trinajstić information content (AvgIpc) is 2.27. The van der Waals surface area contributed by atoms with Gasteiger partial charge in [0.15, 0.2) is 4.73 Å². The zero-order chi connectivity index (χ0) is 13.3. The monoisotopic (exact) mass is 304 g/mol. The normalized spacial score (nSPS) is 11.6. The van der Waals surface area contributed by atoms with Crippen LogP contribution in [0.3, 0.4) is 0 Å². The molecule has 2 aromatic rings. The lowest BCUT2D eigenvalue weighted by Crippen LogP contribution is -2.10. The van der Waals surface area contributed by atoms with Gasteiger partial charge in [-0.05, 0) is 39.9 Å². The number of rotatable bonds is 1. The fourth-order valence-electron chi connectivity index (χ4n) is 1.82. The summed E-state index contributed by atoms with van der Waals surface area (Å²) >= 11 is 3.33. The summed E-state index contributed by atoms with van der Waals surface area (Å²) in [5.74, 6) is 0. The van der Waals surface area contributed by atoms with Crippen molar-refractivity contribution < 1.29 is 0 Å². The van der Waals surface area contributed by atoms with Gasteiger partial charge in [0.25, 0.3) is 0 Å². The molecule has 0 unspecified atom stereocenters. The zero-order valence-corrected chi connectivity index (χ0v) is 12.7. The lowest BCUT2D eigenvalue weighted by Gasteiger charge is -2.19. The van der Waals surface area contributed by atoms with Crippen LogP contribution in [0.1, 0.15) is 32.0 Å². The van der Waals surface area contributed by atoms with Gasteiger partial charge in [0.2, 0.25) is 0 Å². The molecule has 2 nitrogen and oxygen atoms in total. The van der Waals surface area contributed by atoms with Gasteiger partial charge in [-0.3, -0.25) is 0 Å². The molecule has 0 saturated carbocycles. The smallest absolute Gasteiger partial charge is 0.197 e. The Balaban J connectivity index is 2.40. The first kappa shape index (κ1) is 13.2. The van der Waals surface area contributed by atoms with E-state index in [-0.39, 0.29) is 5.41 Å². The van der Waals surface area contributed by atoms with Crippen LogP contribution in [-0.4, -0.2) is 9.97 Å². The van der Waals surface area contributed by atoms with Gasteiger partial charge in [0.05, 0.1) is 5.69 Å². The maximum Gasteiger partial charge on any atom is 0.197 e. The van der Waals surface area contributed by atoms with Crippen molar-refractivity contribution in [1.82, 2.24) is 9.97 Å². The second kappa shape index (κ2) is 4.81. The summed E-state index contributed by atoms with van der Waals surface area (Å²) in [6, 6.07) is 10.6. The number of aromatic nitrogens is 2. The van der Waals surface area contributed by atoms with Gasteiger partial charge in [-0.1, -0.05) is 45.0 Å². The highest BCUT2D eigenvalue weighted by Crippen LogP contribution is 2.25. The van der Waals surface area contributed by atoms with Gasteiger partial charge in [-0.15, -0.1) is 0 Å². The minimum Gasteiger partial charge on any atom is -0.227 e. The molecule has 0 N–H and O–H groups in total. The van der Waals surface area contributed by atoms with E-state index in [0.29, 0.717) is 4.73 Å². The van der Waals surface area contributed by atoms with E-state index in [1.54, 1.807) is 0 Å². The topological polar surface area (TPSA) is 25.8 Å². The molecule has 0 fully saturated rings. The minimum atomic E-state index is 0.181. The molecule has 0 saturated heterocycles. The van der Waals surface area contributed by atoms with Crippen molar-refractivity contribution in [2.75, 3.05) is 0 Å². The molecule has 2 rings (SSSR count). The third-order valence-electron chi connectivity index (χ3n) is 2.87. The molecule has 0 radical (unpaired) electrons. The predicted molar refractivity (Wildman–Crippen MR) is 78.6 cm³/mol. The van der Waals surface area contributed by atoms with E-state index in [4.69, 9.17) is 0 Å². The molecule has 0 aliphatic carbocycles. The lowest BCUT2D eigenvalue weighted by atomic mass is 9.86. The number of aryl methyl sites for hydroxylation is 1. The Bertz CT molecular complexity index is 533. The molecule has 94 valence electrons. The van der Waals surface area contributed by atoms with Crippen molar-refractivity contribution in [3.63, 3.8) is 0 Å². The fourth-order valence-corrected chi connectivity index (χ4v) is 2.29. The largest absolute Gasteiger partial charge is 0.227 e. The Kier molecular flexibility index (Phi) is 3.53.